The molecule has 32 heavy (non-hydrogen) atoms. The molecule has 9 heteroatoms. The van der Waals surface area contributed by atoms with Crippen molar-refractivity contribution in [2.75, 3.05) is 45.3 Å². The zero-order chi connectivity index (χ0) is 22.4. The summed E-state index contributed by atoms with van der Waals surface area (Å²) in [6.07, 6.45) is 0.817. The number of para-hydroxylation sites is 1. The van der Waals surface area contributed by atoms with Gasteiger partial charge in [0.25, 0.3) is 5.91 Å². The van der Waals surface area contributed by atoms with Crippen LogP contribution in [0.5, 0.6) is 11.5 Å². The Labute approximate surface area is 204 Å². The molecule has 1 heterocycles. The molecule has 3 rings (SSSR count). The van der Waals surface area contributed by atoms with Gasteiger partial charge in [-0.25, -0.2) is 4.98 Å². The van der Waals surface area contributed by atoms with Crippen LogP contribution in [0.1, 0.15) is 30.6 Å². The molecule has 1 aromatic heterocycles. The molecule has 0 saturated carbocycles. The predicted molar refractivity (Wildman–Crippen MR) is 136 cm³/mol. The number of fused-ring (bicyclic) bond motifs is 1. The highest BCUT2D eigenvalue weighted by Gasteiger charge is 2.23. The van der Waals surface area contributed by atoms with Crippen molar-refractivity contribution in [3.8, 4) is 11.5 Å². The Morgan fingerprint density at radius 3 is 2.44 bits per heavy atom. The van der Waals surface area contributed by atoms with Crippen LogP contribution in [0.3, 0.4) is 0 Å². The number of hydrogen-bond donors (Lipinski definition) is 0. The molecule has 0 radical (unpaired) electrons. The zero-order valence-electron chi connectivity index (χ0n) is 18.8. The fourth-order valence-electron chi connectivity index (χ4n) is 3.19. The highest BCUT2D eigenvalue weighted by atomic mass is 35.5. The fourth-order valence-corrected chi connectivity index (χ4v) is 4.48. The molecule has 0 fully saturated rings. The number of thiazole rings is 1. The lowest BCUT2D eigenvalue weighted by molar-refractivity contribution is 0.0985. The first-order chi connectivity index (χ1) is 14.9. The number of amides is 1. The van der Waals surface area contributed by atoms with E-state index in [1.807, 2.05) is 46.1 Å². The molecule has 174 valence electrons. The summed E-state index contributed by atoms with van der Waals surface area (Å²) in [5.74, 6) is 1.07. The number of nitrogens with zero attached hydrogens (tertiary/aromatic N) is 3. The topological polar surface area (TPSA) is 54.9 Å². The normalized spacial score (nSPS) is 10.8. The maximum absolute atomic E-state index is 13.6. The van der Waals surface area contributed by atoms with Crippen LogP contribution in [0.4, 0.5) is 5.13 Å². The molecule has 0 atom stereocenters. The fraction of sp³-hybridized carbons (Fsp3) is 0.391. The summed E-state index contributed by atoms with van der Waals surface area (Å²) in [5.41, 5.74) is 1.25. The van der Waals surface area contributed by atoms with Crippen molar-refractivity contribution < 1.29 is 14.3 Å². The van der Waals surface area contributed by atoms with Crippen molar-refractivity contribution in [3.63, 3.8) is 0 Å². The second-order valence-electron chi connectivity index (χ2n) is 7.22. The van der Waals surface area contributed by atoms with Gasteiger partial charge in [-0.3, -0.25) is 9.69 Å². The number of anilines is 1. The smallest absolute Gasteiger partial charge is 0.260 e. The van der Waals surface area contributed by atoms with Gasteiger partial charge >= 0.3 is 0 Å². The molecule has 0 aliphatic heterocycles. The van der Waals surface area contributed by atoms with E-state index in [0.717, 1.165) is 23.2 Å². The summed E-state index contributed by atoms with van der Waals surface area (Å²) >= 11 is 7.79. The first-order valence-corrected chi connectivity index (χ1v) is 11.5. The van der Waals surface area contributed by atoms with Gasteiger partial charge in [0.05, 0.1) is 22.9 Å². The first kappa shape index (κ1) is 26.2. The third-order valence-electron chi connectivity index (χ3n) is 4.61. The minimum Gasteiger partial charge on any atom is -0.490 e. The van der Waals surface area contributed by atoms with Gasteiger partial charge in [-0.05, 0) is 71.2 Å². The summed E-state index contributed by atoms with van der Waals surface area (Å²) in [6, 6.07) is 11.0. The zero-order valence-corrected chi connectivity index (χ0v) is 21.1. The number of carbonyl (C=O) groups excluding carboxylic acids is 1. The second kappa shape index (κ2) is 12.3. The molecule has 0 aliphatic rings. The average Bonchev–Trinajstić information content (AvgIpc) is 3.17. The van der Waals surface area contributed by atoms with E-state index < -0.39 is 0 Å². The number of ether oxygens (including phenoxy) is 2. The van der Waals surface area contributed by atoms with Gasteiger partial charge in [-0.1, -0.05) is 29.0 Å². The van der Waals surface area contributed by atoms with Gasteiger partial charge in [-0.15, -0.1) is 12.4 Å². The predicted octanol–water partition coefficient (Wildman–Crippen LogP) is 5.77. The number of benzene rings is 2. The third kappa shape index (κ3) is 6.25. The summed E-state index contributed by atoms with van der Waals surface area (Å²) in [4.78, 5) is 22.1. The minimum atomic E-state index is -0.127. The lowest BCUT2D eigenvalue weighted by Gasteiger charge is -2.21. The van der Waals surface area contributed by atoms with Crippen LogP contribution < -0.4 is 14.4 Å². The van der Waals surface area contributed by atoms with Crippen LogP contribution in [-0.4, -0.2) is 56.2 Å². The average molecular weight is 498 g/mol. The molecular formula is C23H29Cl2N3O3S. The number of hydrogen-bond acceptors (Lipinski definition) is 6. The van der Waals surface area contributed by atoms with Gasteiger partial charge in [0, 0.05) is 12.1 Å². The Kier molecular flexibility index (Phi) is 10.0. The standard InChI is InChI=1S/C23H28ClN3O3S.ClH/c1-5-29-18-12-11-16(15-19(18)30-6-2)22(28)27(14-8-13-26(3)4)23-25-21-17(24)9-7-10-20(21)31-23;/h7,9-12,15H,5-6,8,13-14H2,1-4H3;1H. The van der Waals surface area contributed by atoms with Crippen molar-refractivity contribution in [2.24, 2.45) is 0 Å². The largest absolute Gasteiger partial charge is 0.490 e. The molecule has 3 aromatic rings. The maximum atomic E-state index is 13.6. The van der Waals surface area contributed by atoms with Gasteiger partial charge in [0.15, 0.2) is 16.6 Å². The number of aromatic nitrogens is 1. The monoisotopic (exact) mass is 497 g/mol. The minimum absolute atomic E-state index is 0. The SMILES string of the molecule is CCOc1ccc(C(=O)N(CCCN(C)C)c2nc3c(Cl)cccc3s2)cc1OCC.Cl. The van der Waals surface area contributed by atoms with Crippen molar-refractivity contribution in [1.29, 1.82) is 0 Å². The number of halogens is 2. The summed E-state index contributed by atoms with van der Waals surface area (Å²) in [6.45, 7) is 6.24. The van der Waals surface area contributed by atoms with Crippen LogP contribution in [0.15, 0.2) is 36.4 Å². The van der Waals surface area contributed by atoms with Crippen LogP contribution in [0.25, 0.3) is 10.2 Å². The molecule has 0 unspecified atom stereocenters. The van der Waals surface area contributed by atoms with Crippen molar-refractivity contribution in [3.05, 3.63) is 47.0 Å². The lowest BCUT2D eigenvalue weighted by atomic mass is 10.1. The van der Waals surface area contributed by atoms with Crippen LogP contribution in [0.2, 0.25) is 5.02 Å². The summed E-state index contributed by atoms with van der Waals surface area (Å²) < 4.78 is 12.3. The van der Waals surface area contributed by atoms with E-state index in [0.29, 0.717) is 47.0 Å². The highest BCUT2D eigenvalue weighted by Crippen LogP contribution is 2.34. The first-order valence-electron chi connectivity index (χ1n) is 10.4. The molecule has 6 nitrogen and oxygen atoms in total. The van der Waals surface area contributed by atoms with E-state index in [1.165, 1.54) is 11.3 Å². The van der Waals surface area contributed by atoms with Crippen molar-refractivity contribution in [1.82, 2.24) is 9.88 Å². The van der Waals surface area contributed by atoms with Crippen LogP contribution >= 0.6 is 35.3 Å². The van der Waals surface area contributed by atoms with Crippen molar-refractivity contribution in [2.45, 2.75) is 20.3 Å². The summed E-state index contributed by atoms with van der Waals surface area (Å²) in [5, 5.41) is 1.22. The maximum Gasteiger partial charge on any atom is 0.260 e. The Morgan fingerprint density at radius 2 is 1.78 bits per heavy atom. The van der Waals surface area contributed by atoms with Gasteiger partial charge in [0.1, 0.15) is 5.52 Å². The molecule has 0 saturated heterocycles. The van der Waals surface area contributed by atoms with Crippen LogP contribution in [0, 0.1) is 0 Å². The Balaban J connectivity index is 0.00000363. The number of carbonyl (C=O) groups is 1. The van der Waals surface area contributed by atoms with Gasteiger partial charge < -0.3 is 14.4 Å². The van der Waals surface area contributed by atoms with Gasteiger partial charge in [-0.2, -0.15) is 0 Å². The highest BCUT2D eigenvalue weighted by molar-refractivity contribution is 7.22. The molecule has 0 N–H and O–H groups in total. The Bertz CT molecular complexity index is 1040. The van der Waals surface area contributed by atoms with E-state index in [-0.39, 0.29) is 18.3 Å². The Morgan fingerprint density at radius 1 is 1.06 bits per heavy atom. The van der Waals surface area contributed by atoms with Crippen LogP contribution in [-0.2, 0) is 0 Å². The molecule has 1 amide bonds. The molecule has 2 aromatic carbocycles. The van der Waals surface area contributed by atoms with E-state index in [2.05, 4.69) is 9.88 Å². The van der Waals surface area contributed by atoms with E-state index in [1.54, 1.807) is 23.1 Å². The summed E-state index contributed by atoms with van der Waals surface area (Å²) in [7, 11) is 4.04. The van der Waals surface area contributed by atoms with Crippen molar-refractivity contribution >= 4 is 56.6 Å². The van der Waals surface area contributed by atoms with Gasteiger partial charge in [0.2, 0.25) is 0 Å². The molecule has 0 spiro atoms. The van der Waals surface area contributed by atoms with E-state index in [9.17, 15) is 4.79 Å². The molecular weight excluding hydrogens is 469 g/mol. The van der Waals surface area contributed by atoms with E-state index >= 15 is 0 Å². The van der Waals surface area contributed by atoms with E-state index in [4.69, 9.17) is 21.1 Å². The number of rotatable bonds is 10. The molecule has 0 bridgehead atoms. The Hall–Kier alpha value is -2.06. The second-order valence-corrected chi connectivity index (χ2v) is 8.64. The quantitative estimate of drug-likeness (QED) is 0.355. The third-order valence-corrected chi connectivity index (χ3v) is 5.96. The molecule has 0 aliphatic carbocycles. The lowest BCUT2D eigenvalue weighted by Crippen LogP contribution is -2.33.